The highest BCUT2D eigenvalue weighted by Crippen LogP contribution is 2.18. The van der Waals surface area contributed by atoms with E-state index in [0.29, 0.717) is 24.4 Å². The second-order valence-electron chi connectivity index (χ2n) is 5.34. The van der Waals surface area contributed by atoms with Gasteiger partial charge in [-0.25, -0.2) is 0 Å². The monoisotopic (exact) mass is 289 g/mol. The molecule has 0 bridgehead atoms. The minimum absolute atomic E-state index is 0.234. The molecule has 1 atom stereocenters. The Labute approximate surface area is 125 Å². The predicted molar refractivity (Wildman–Crippen MR) is 81.3 cm³/mol. The molecule has 0 saturated heterocycles. The van der Waals surface area contributed by atoms with E-state index in [1.165, 1.54) is 5.56 Å². The Morgan fingerprint density at radius 2 is 1.90 bits per heavy atom. The molecule has 1 aromatic carbocycles. The van der Waals surface area contributed by atoms with E-state index in [-0.39, 0.29) is 5.92 Å². The molecular formula is C16H23N3O2. The molecule has 0 aliphatic rings. The Kier molecular flexibility index (Phi) is 5.33. The van der Waals surface area contributed by atoms with Gasteiger partial charge in [-0.05, 0) is 31.2 Å². The van der Waals surface area contributed by atoms with Crippen LogP contribution in [0, 0.1) is 0 Å². The van der Waals surface area contributed by atoms with Crippen LogP contribution in [0.3, 0.4) is 0 Å². The van der Waals surface area contributed by atoms with Gasteiger partial charge in [0.1, 0.15) is 5.75 Å². The lowest BCUT2D eigenvalue weighted by Crippen LogP contribution is -2.17. The standard InChI is InChI=1S/C16H23N3O2/c1-5-17-12(4)13-6-8-14(9-7-13)20-10-15-18-16(11(2)3)21-19-15/h6-9,11-12,17H,5,10H2,1-4H3. The third-order valence-corrected chi connectivity index (χ3v) is 3.24. The lowest BCUT2D eigenvalue weighted by molar-refractivity contribution is 0.284. The summed E-state index contributed by atoms with van der Waals surface area (Å²) in [4.78, 5) is 4.28. The topological polar surface area (TPSA) is 60.2 Å². The Balaban J connectivity index is 1.91. The average Bonchev–Trinajstić information content (AvgIpc) is 2.95. The van der Waals surface area contributed by atoms with Crippen LogP contribution >= 0.6 is 0 Å². The van der Waals surface area contributed by atoms with Crippen molar-refractivity contribution in [3.63, 3.8) is 0 Å². The largest absolute Gasteiger partial charge is 0.485 e. The lowest BCUT2D eigenvalue weighted by atomic mass is 10.1. The third kappa shape index (κ3) is 4.29. The second-order valence-corrected chi connectivity index (χ2v) is 5.34. The summed E-state index contributed by atoms with van der Waals surface area (Å²) in [5.41, 5.74) is 1.24. The first-order chi connectivity index (χ1) is 10.1. The summed E-state index contributed by atoms with van der Waals surface area (Å²) in [5, 5.41) is 7.28. The van der Waals surface area contributed by atoms with Crippen molar-refractivity contribution in [1.82, 2.24) is 15.5 Å². The van der Waals surface area contributed by atoms with E-state index in [0.717, 1.165) is 12.3 Å². The maximum absolute atomic E-state index is 5.67. The Morgan fingerprint density at radius 3 is 2.48 bits per heavy atom. The van der Waals surface area contributed by atoms with Crippen LogP contribution < -0.4 is 10.1 Å². The van der Waals surface area contributed by atoms with E-state index in [2.05, 4.69) is 41.4 Å². The van der Waals surface area contributed by atoms with E-state index in [1.54, 1.807) is 0 Å². The number of hydrogen-bond donors (Lipinski definition) is 1. The van der Waals surface area contributed by atoms with Crippen LogP contribution in [0.1, 0.15) is 56.9 Å². The number of rotatable bonds is 7. The number of nitrogens with one attached hydrogen (secondary N) is 1. The minimum atomic E-state index is 0.234. The molecule has 2 aromatic rings. The molecule has 0 fully saturated rings. The molecule has 1 heterocycles. The fourth-order valence-electron chi connectivity index (χ4n) is 1.99. The quantitative estimate of drug-likeness (QED) is 0.846. The lowest BCUT2D eigenvalue weighted by Gasteiger charge is -2.13. The molecule has 0 spiro atoms. The summed E-state index contributed by atoms with van der Waals surface area (Å²) in [6.07, 6.45) is 0. The molecule has 0 amide bonds. The van der Waals surface area contributed by atoms with E-state index in [4.69, 9.17) is 9.26 Å². The van der Waals surface area contributed by atoms with Gasteiger partial charge in [0.2, 0.25) is 11.7 Å². The van der Waals surface area contributed by atoms with Crippen LogP contribution in [0.4, 0.5) is 0 Å². The van der Waals surface area contributed by atoms with E-state index in [9.17, 15) is 0 Å². The summed E-state index contributed by atoms with van der Waals surface area (Å²) in [5.74, 6) is 2.25. The summed E-state index contributed by atoms with van der Waals surface area (Å²) >= 11 is 0. The van der Waals surface area contributed by atoms with Crippen molar-refractivity contribution in [1.29, 1.82) is 0 Å². The van der Waals surface area contributed by atoms with Crippen molar-refractivity contribution < 1.29 is 9.26 Å². The van der Waals surface area contributed by atoms with Crippen molar-refractivity contribution >= 4 is 0 Å². The molecule has 114 valence electrons. The molecule has 1 unspecified atom stereocenters. The van der Waals surface area contributed by atoms with Crippen molar-refractivity contribution in [3.8, 4) is 5.75 Å². The first-order valence-corrected chi connectivity index (χ1v) is 7.38. The van der Waals surface area contributed by atoms with Crippen molar-refractivity contribution in [2.45, 2.75) is 46.3 Å². The molecule has 1 aromatic heterocycles. The molecule has 21 heavy (non-hydrogen) atoms. The number of ether oxygens (including phenoxy) is 1. The van der Waals surface area contributed by atoms with Gasteiger partial charge in [0.25, 0.3) is 0 Å². The zero-order valence-corrected chi connectivity index (χ0v) is 13.1. The molecule has 5 nitrogen and oxygen atoms in total. The third-order valence-electron chi connectivity index (χ3n) is 3.24. The van der Waals surface area contributed by atoms with E-state index >= 15 is 0 Å². The van der Waals surface area contributed by atoms with Crippen molar-refractivity contribution in [2.75, 3.05) is 6.54 Å². The Hall–Kier alpha value is -1.88. The maximum atomic E-state index is 5.67. The fraction of sp³-hybridized carbons (Fsp3) is 0.500. The molecule has 1 N–H and O–H groups in total. The highest BCUT2D eigenvalue weighted by Gasteiger charge is 2.10. The van der Waals surface area contributed by atoms with Gasteiger partial charge in [0.15, 0.2) is 6.61 Å². The van der Waals surface area contributed by atoms with Crippen molar-refractivity contribution in [2.24, 2.45) is 0 Å². The van der Waals surface area contributed by atoms with Gasteiger partial charge in [-0.3, -0.25) is 0 Å². The first-order valence-electron chi connectivity index (χ1n) is 7.38. The Morgan fingerprint density at radius 1 is 1.19 bits per heavy atom. The van der Waals surface area contributed by atoms with Gasteiger partial charge < -0.3 is 14.6 Å². The van der Waals surface area contributed by atoms with Gasteiger partial charge in [-0.1, -0.05) is 38.1 Å². The number of aromatic nitrogens is 2. The van der Waals surface area contributed by atoms with Crippen LogP contribution in [0.2, 0.25) is 0 Å². The minimum Gasteiger partial charge on any atom is -0.485 e. The highest BCUT2D eigenvalue weighted by molar-refractivity contribution is 5.29. The second kappa shape index (κ2) is 7.22. The highest BCUT2D eigenvalue weighted by atomic mass is 16.5. The Bertz CT molecular complexity index is 549. The zero-order valence-electron chi connectivity index (χ0n) is 13.1. The number of hydrogen-bond acceptors (Lipinski definition) is 5. The summed E-state index contributed by atoms with van der Waals surface area (Å²) in [6.45, 7) is 9.55. The molecule has 5 heteroatoms. The molecule has 2 rings (SSSR count). The van der Waals surface area contributed by atoms with Gasteiger partial charge in [0, 0.05) is 12.0 Å². The average molecular weight is 289 g/mol. The van der Waals surface area contributed by atoms with E-state index < -0.39 is 0 Å². The van der Waals surface area contributed by atoms with E-state index in [1.807, 2.05) is 26.0 Å². The van der Waals surface area contributed by atoms with Gasteiger partial charge >= 0.3 is 0 Å². The molecule has 0 radical (unpaired) electrons. The van der Waals surface area contributed by atoms with Crippen LogP contribution in [-0.2, 0) is 6.61 Å². The summed E-state index contributed by atoms with van der Waals surface area (Å²) in [7, 11) is 0. The normalized spacial score (nSPS) is 12.6. The number of nitrogens with zero attached hydrogens (tertiary/aromatic N) is 2. The first kappa shape index (κ1) is 15.5. The van der Waals surface area contributed by atoms with Crippen LogP contribution in [-0.4, -0.2) is 16.7 Å². The molecule has 0 aliphatic carbocycles. The SMILES string of the molecule is CCNC(C)c1ccc(OCc2noc(C(C)C)n2)cc1. The molecular weight excluding hydrogens is 266 g/mol. The van der Waals surface area contributed by atoms with Crippen LogP contribution in [0.15, 0.2) is 28.8 Å². The molecule has 0 aliphatic heterocycles. The van der Waals surface area contributed by atoms with Crippen LogP contribution in [0.25, 0.3) is 0 Å². The van der Waals surface area contributed by atoms with Gasteiger partial charge in [-0.2, -0.15) is 4.98 Å². The predicted octanol–water partition coefficient (Wildman–Crippen LogP) is 3.44. The summed E-state index contributed by atoms with van der Waals surface area (Å²) in [6, 6.07) is 8.41. The maximum Gasteiger partial charge on any atom is 0.229 e. The van der Waals surface area contributed by atoms with Gasteiger partial charge in [0.05, 0.1) is 0 Å². The number of benzene rings is 1. The van der Waals surface area contributed by atoms with Crippen LogP contribution in [0.5, 0.6) is 5.75 Å². The van der Waals surface area contributed by atoms with Crippen molar-refractivity contribution in [3.05, 3.63) is 41.5 Å². The zero-order chi connectivity index (χ0) is 15.2. The smallest absolute Gasteiger partial charge is 0.229 e. The fourth-order valence-corrected chi connectivity index (χ4v) is 1.99. The van der Waals surface area contributed by atoms with Gasteiger partial charge in [-0.15, -0.1) is 0 Å². The summed E-state index contributed by atoms with van der Waals surface area (Å²) < 4.78 is 10.8. The molecule has 0 saturated carbocycles.